The first kappa shape index (κ1) is 8.85. The van der Waals surface area contributed by atoms with Crippen LogP contribution in [0, 0.1) is 0 Å². The van der Waals surface area contributed by atoms with E-state index in [-0.39, 0.29) is 20.3 Å². The Morgan fingerprint density at radius 1 is 1.60 bits per heavy atom. The van der Waals surface area contributed by atoms with E-state index in [4.69, 9.17) is 15.0 Å². The summed E-state index contributed by atoms with van der Waals surface area (Å²) in [7, 11) is 0. The second-order valence-electron chi connectivity index (χ2n) is 0.283. The van der Waals surface area contributed by atoms with Crippen molar-refractivity contribution in [2.45, 2.75) is 0 Å². The maximum atomic E-state index is 8.56. The van der Waals surface area contributed by atoms with Gasteiger partial charge in [-0.2, -0.15) is 0 Å². The zero-order valence-corrected chi connectivity index (χ0v) is 1.80. The quantitative estimate of drug-likeness (QED) is 0.390. The molecule has 2 N–H and O–H groups in total. The van der Waals surface area contributed by atoms with E-state index in [1.165, 1.54) is 0 Å². The first-order valence-electron chi connectivity index (χ1n) is 0.651. The van der Waals surface area contributed by atoms with Crippen LogP contribution in [0.2, 0.25) is 0 Å². The number of hydrogen-bond donors (Lipinski definition) is 2. The fourth-order valence-electron chi connectivity index (χ4n) is 0. The summed E-state index contributed by atoms with van der Waals surface area (Å²) < 4.78 is 0. The van der Waals surface area contributed by atoms with Gasteiger partial charge in [0.05, 0.1) is 0 Å². The van der Waals surface area contributed by atoms with Crippen molar-refractivity contribution in [2.24, 2.45) is 0 Å². The molecular formula is CH5LiO3. The monoisotopic (exact) mass is 72.0 g/mol. The average molecular weight is 72.0 g/mol. The van der Waals surface area contributed by atoms with Crippen LogP contribution in [0.4, 0.5) is 4.79 Å². The first-order valence-corrected chi connectivity index (χ1v) is 0.651. The SMILES string of the molecule is O=C(O)O.[HH].[LiH]. The van der Waals surface area contributed by atoms with Gasteiger partial charge in [0.25, 0.3) is 0 Å². The van der Waals surface area contributed by atoms with Crippen LogP contribution >= 0.6 is 0 Å². The van der Waals surface area contributed by atoms with Gasteiger partial charge in [0, 0.05) is 1.43 Å². The zero-order valence-electron chi connectivity index (χ0n) is 1.80. The van der Waals surface area contributed by atoms with Crippen LogP contribution in [0.15, 0.2) is 0 Å². The Morgan fingerprint density at radius 2 is 1.60 bits per heavy atom. The maximum absolute atomic E-state index is 8.56. The van der Waals surface area contributed by atoms with Crippen LogP contribution in [0.5, 0.6) is 0 Å². The predicted octanol–water partition coefficient (Wildman–Crippen LogP) is -0.180. The number of rotatable bonds is 0. The second kappa shape index (κ2) is 3.87. The third-order valence-electron chi connectivity index (χ3n) is 0. The van der Waals surface area contributed by atoms with E-state index in [1.807, 2.05) is 0 Å². The van der Waals surface area contributed by atoms with Crippen LogP contribution in [0.3, 0.4) is 0 Å². The van der Waals surface area contributed by atoms with E-state index in [0.717, 1.165) is 0 Å². The molecule has 0 saturated carbocycles. The topological polar surface area (TPSA) is 57.5 Å². The molecule has 0 atom stereocenters. The van der Waals surface area contributed by atoms with E-state index >= 15 is 0 Å². The van der Waals surface area contributed by atoms with Crippen molar-refractivity contribution >= 4 is 25.0 Å². The number of hydrogen-bond acceptors (Lipinski definition) is 1. The van der Waals surface area contributed by atoms with Gasteiger partial charge >= 0.3 is 25.0 Å². The molecule has 0 heterocycles. The summed E-state index contributed by atoms with van der Waals surface area (Å²) in [4.78, 5) is 8.56. The third-order valence-corrected chi connectivity index (χ3v) is 0. The Morgan fingerprint density at radius 3 is 1.60 bits per heavy atom. The molecule has 0 spiro atoms. The van der Waals surface area contributed by atoms with Crippen molar-refractivity contribution in [3.05, 3.63) is 0 Å². The molecule has 0 fully saturated rings. The van der Waals surface area contributed by atoms with Gasteiger partial charge in [0.2, 0.25) is 0 Å². The summed E-state index contributed by atoms with van der Waals surface area (Å²) in [6.45, 7) is 0. The van der Waals surface area contributed by atoms with Gasteiger partial charge in [-0.1, -0.05) is 0 Å². The minimum atomic E-state index is -1.83. The summed E-state index contributed by atoms with van der Waals surface area (Å²) in [6.07, 6.45) is -1.83. The van der Waals surface area contributed by atoms with E-state index < -0.39 is 6.16 Å². The number of carboxylic acid groups (broad SMARTS) is 2. The molecule has 3 nitrogen and oxygen atoms in total. The fourth-order valence-corrected chi connectivity index (χ4v) is 0. The van der Waals surface area contributed by atoms with E-state index in [0.29, 0.717) is 0 Å². The first-order chi connectivity index (χ1) is 1.73. The zero-order chi connectivity index (χ0) is 3.58. The Labute approximate surface area is 42.3 Å². The molecule has 0 bridgehead atoms. The van der Waals surface area contributed by atoms with Gasteiger partial charge in [-0.25, -0.2) is 4.79 Å². The Hall–Kier alpha value is -0.133. The average Bonchev–Trinajstić information content (AvgIpc) is 0.811. The van der Waals surface area contributed by atoms with Gasteiger partial charge in [-0.15, -0.1) is 0 Å². The fraction of sp³-hybridized carbons (Fsp3) is 0. The van der Waals surface area contributed by atoms with Crippen LogP contribution in [-0.4, -0.2) is 35.2 Å². The Bertz CT molecular complexity index is 33.8. The minimum absolute atomic E-state index is 0. The second-order valence-corrected chi connectivity index (χ2v) is 0.283. The molecule has 28 valence electrons. The summed E-state index contributed by atoms with van der Waals surface area (Å²) in [5.41, 5.74) is 0. The van der Waals surface area contributed by atoms with Gasteiger partial charge in [0.15, 0.2) is 0 Å². The summed E-state index contributed by atoms with van der Waals surface area (Å²) >= 11 is 0. The third kappa shape index (κ3) is 767. The van der Waals surface area contributed by atoms with Gasteiger partial charge < -0.3 is 10.2 Å². The molecule has 5 heavy (non-hydrogen) atoms. The molecular weight excluding hydrogens is 66.9 g/mol. The van der Waals surface area contributed by atoms with Gasteiger partial charge in [-0.05, 0) is 0 Å². The Balaban J connectivity index is -0.0000000450. The molecule has 0 radical (unpaired) electrons. The molecule has 0 aromatic heterocycles. The summed E-state index contributed by atoms with van der Waals surface area (Å²) in [6, 6.07) is 0. The molecule has 0 aliphatic rings. The predicted molar refractivity (Wildman–Crippen MR) is 19.9 cm³/mol. The van der Waals surface area contributed by atoms with Gasteiger partial charge in [0.1, 0.15) is 0 Å². The van der Waals surface area contributed by atoms with Crippen LogP contribution in [-0.2, 0) is 0 Å². The van der Waals surface area contributed by atoms with Crippen molar-refractivity contribution in [2.75, 3.05) is 0 Å². The van der Waals surface area contributed by atoms with Gasteiger partial charge in [-0.3, -0.25) is 0 Å². The summed E-state index contributed by atoms with van der Waals surface area (Å²) in [5.74, 6) is 0. The molecule has 0 amide bonds. The molecule has 4 heteroatoms. The normalized spacial score (nSPS) is 4.80. The van der Waals surface area contributed by atoms with Crippen LogP contribution in [0.25, 0.3) is 0 Å². The van der Waals surface area contributed by atoms with E-state index in [1.54, 1.807) is 0 Å². The molecule has 0 aromatic carbocycles. The molecule has 0 aliphatic heterocycles. The van der Waals surface area contributed by atoms with E-state index in [2.05, 4.69) is 0 Å². The van der Waals surface area contributed by atoms with Crippen molar-refractivity contribution in [1.29, 1.82) is 0 Å². The van der Waals surface area contributed by atoms with Crippen molar-refractivity contribution < 1.29 is 16.4 Å². The molecule has 0 saturated heterocycles. The number of carbonyl (C=O) groups is 1. The van der Waals surface area contributed by atoms with Crippen LogP contribution in [0.1, 0.15) is 1.43 Å². The van der Waals surface area contributed by atoms with Crippen LogP contribution < -0.4 is 0 Å². The molecule has 0 unspecified atom stereocenters. The van der Waals surface area contributed by atoms with E-state index in [9.17, 15) is 0 Å². The summed E-state index contributed by atoms with van der Waals surface area (Å²) in [5, 5.41) is 13.9. The molecule has 0 aromatic rings. The standard InChI is InChI=1S/CH2O3.Li.H2.H/c2-1(3)4;;;/h(H2,2,3,4);;1H;. The Kier molecular flexibility index (Phi) is 6.85. The van der Waals surface area contributed by atoms with Crippen molar-refractivity contribution in [1.82, 2.24) is 0 Å². The molecule has 0 aliphatic carbocycles. The molecule has 0 rings (SSSR count). The van der Waals surface area contributed by atoms with Crippen molar-refractivity contribution in [3.63, 3.8) is 0 Å². The van der Waals surface area contributed by atoms with Crippen molar-refractivity contribution in [3.8, 4) is 0 Å².